The van der Waals surface area contributed by atoms with Gasteiger partial charge in [0.2, 0.25) is 0 Å². The van der Waals surface area contributed by atoms with Gasteiger partial charge in [-0.25, -0.2) is 0 Å². The van der Waals surface area contributed by atoms with Crippen molar-refractivity contribution in [3.05, 3.63) is 35.4 Å². The minimum absolute atomic E-state index is 0.171. The third-order valence-corrected chi connectivity index (χ3v) is 2.39. The molecule has 0 aliphatic rings. The Hall–Kier alpha value is -1.11. The van der Waals surface area contributed by atoms with Gasteiger partial charge in [-0.15, -0.1) is 0 Å². The second-order valence-corrected chi connectivity index (χ2v) is 4.15. The van der Waals surface area contributed by atoms with Gasteiger partial charge >= 0.3 is 0 Å². The lowest BCUT2D eigenvalue weighted by Crippen LogP contribution is -2.01. The molecule has 0 aromatic heterocycles. The molecule has 0 spiro atoms. The maximum absolute atomic E-state index is 11.3. The van der Waals surface area contributed by atoms with Crippen LogP contribution in [0.1, 0.15) is 43.1 Å². The summed E-state index contributed by atoms with van der Waals surface area (Å²) in [6.07, 6.45) is 2.15. The largest absolute Gasteiger partial charge is 0.295 e. The van der Waals surface area contributed by atoms with Crippen molar-refractivity contribution < 1.29 is 4.79 Å². The molecule has 1 aromatic rings. The topological polar surface area (TPSA) is 17.1 Å². The van der Waals surface area contributed by atoms with E-state index in [1.54, 1.807) is 6.92 Å². The Morgan fingerprint density at radius 2 is 1.93 bits per heavy atom. The van der Waals surface area contributed by atoms with Crippen molar-refractivity contribution in [2.45, 2.75) is 33.6 Å². The molecule has 0 atom stereocenters. The molecular weight excluding hydrogens is 172 g/mol. The van der Waals surface area contributed by atoms with E-state index in [0.717, 1.165) is 18.4 Å². The standard InChI is InChI=1S/C13H18O/c1-10(2)8-9-12-6-4-5-7-13(12)11(3)14/h4-7,10H,8-9H2,1-3H3. The van der Waals surface area contributed by atoms with E-state index in [1.807, 2.05) is 18.2 Å². The van der Waals surface area contributed by atoms with Crippen molar-refractivity contribution in [3.8, 4) is 0 Å². The first-order chi connectivity index (χ1) is 6.61. The Labute approximate surface area is 86.1 Å². The van der Waals surface area contributed by atoms with Crippen molar-refractivity contribution >= 4 is 5.78 Å². The third-order valence-electron chi connectivity index (χ3n) is 2.39. The van der Waals surface area contributed by atoms with Crippen molar-refractivity contribution in [1.82, 2.24) is 0 Å². The molecule has 0 saturated heterocycles. The maximum Gasteiger partial charge on any atom is 0.160 e. The van der Waals surface area contributed by atoms with Crippen LogP contribution in [0.5, 0.6) is 0 Å². The van der Waals surface area contributed by atoms with Crippen molar-refractivity contribution in [2.75, 3.05) is 0 Å². The summed E-state index contributed by atoms with van der Waals surface area (Å²) >= 11 is 0. The molecule has 1 rings (SSSR count). The maximum atomic E-state index is 11.3. The van der Waals surface area contributed by atoms with Crippen LogP contribution < -0.4 is 0 Å². The van der Waals surface area contributed by atoms with Crippen LogP contribution in [0, 0.1) is 5.92 Å². The molecule has 1 nitrogen and oxygen atoms in total. The Morgan fingerprint density at radius 3 is 2.50 bits per heavy atom. The second-order valence-electron chi connectivity index (χ2n) is 4.15. The average molecular weight is 190 g/mol. The molecule has 0 heterocycles. The Kier molecular flexibility index (Phi) is 3.87. The number of Topliss-reactive ketones (excluding diaryl/α,β-unsaturated/α-hetero) is 1. The Morgan fingerprint density at radius 1 is 1.29 bits per heavy atom. The second kappa shape index (κ2) is 4.94. The van der Waals surface area contributed by atoms with E-state index in [2.05, 4.69) is 19.9 Å². The highest BCUT2D eigenvalue weighted by Gasteiger charge is 2.06. The molecule has 0 bridgehead atoms. The van der Waals surface area contributed by atoms with E-state index >= 15 is 0 Å². The molecule has 1 heteroatoms. The highest BCUT2D eigenvalue weighted by Crippen LogP contribution is 2.14. The number of carbonyl (C=O) groups excluding carboxylic acids is 1. The van der Waals surface area contributed by atoms with Gasteiger partial charge in [0.15, 0.2) is 5.78 Å². The van der Waals surface area contributed by atoms with Crippen LogP contribution in [0.25, 0.3) is 0 Å². The first-order valence-corrected chi connectivity index (χ1v) is 5.20. The summed E-state index contributed by atoms with van der Waals surface area (Å²) in [5, 5.41) is 0. The van der Waals surface area contributed by atoms with Gasteiger partial charge in [0.1, 0.15) is 0 Å². The summed E-state index contributed by atoms with van der Waals surface area (Å²) in [6.45, 7) is 6.04. The van der Waals surface area contributed by atoms with Gasteiger partial charge in [-0.05, 0) is 31.2 Å². The van der Waals surface area contributed by atoms with Crippen LogP contribution in [-0.4, -0.2) is 5.78 Å². The summed E-state index contributed by atoms with van der Waals surface area (Å²) in [5.74, 6) is 0.861. The summed E-state index contributed by atoms with van der Waals surface area (Å²) in [6, 6.07) is 7.90. The normalized spacial score (nSPS) is 10.6. The number of carbonyl (C=O) groups is 1. The van der Waals surface area contributed by atoms with E-state index in [1.165, 1.54) is 5.56 Å². The molecule has 0 N–H and O–H groups in total. The molecule has 0 amide bonds. The predicted molar refractivity (Wildman–Crippen MR) is 59.6 cm³/mol. The minimum atomic E-state index is 0.171. The zero-order chi connectivity index (χ0) is 10.6. The highest BCUT2D eigenvalue weighted by atomic mass is 16.1. The monoisotopic (exact) mass is 190 g/mol. The van der Waals surface area contributed by atoms with Crippen LogP contribution in [0.4, 0.5) is 0 Å². The van der Waals surface area contributed by atoms with Gasteiger partial charge < -0.3 is 0 Å². The van der Waals surface area contributed by atoms with Gasteiger partial charge in [0, 0.05) is 5.56 Å². The summed E-state index contributed by atoms with van der Waals surface area (Å²) in [7, 11) is 0. The molecule has 14 heavy (non-hydrogen) atoms. The molecular formula is C13H18O. The van der Waals surface area contributed by atoms with Crippen molar-refractivity contribution in [3.63, 3.8) is 0 Å². The summed E-state index contributed by atoms with van der Waals surface area (Å²) < 4.78 is 0. The van der Waals surface area contributed by atoms with Crippen LogP contribution >= 0.6 is 0 Å². The quantitative estimate of drug-likeness (QED) is 0.664. The average Bonchev–Trinajstić information content (AvgIpc) is 2.15. The molecule has 0 aliphatic carbocycles. The smallest absolute Gasteiger partial charge is 0.160 e. The predicted octanol–water partition coefficient (Wildman–Crippen LogP) is 3.48. The minimum Gasteiger partial charge on any atom is -0.295 e. The number of rotatable bonds is 4. The van der Waals surface area contributed by atoms with Gasteiger partial charge in [-0.3, -0.25) is 4.79 Å². The third kappa shape index (κ3) is 2.99. The van der Waals surface area contributed by atoms with E-state index in [-0.39, 0.29) is 5.78 Å². The number of benzene rings is 1. The SMILES string of the molecule is CC(=O)c1ccccc1CCC(C)C. The fourth-order valence-electron chi connectivity index (χ4n) is 1.53. The number of ketones is 1. The molecule has 0 unspecified atom stereocenters. The fraction of sp³-hybridized carbons (Fsp3) is 0.462. The zero-order valence-electron chi connectivity index (χ0n) is 9.21. The van der Waals surface area contributed by atoms with Crippen molar-refractivity contribution in [2.24, 2.45) is 5.92 Å². The molecule has 76 valence electrons. The van der Waals surface area contributed by atoms with Crippen LogP contribution in [0.3, 0.4) is 0 Å². The number of aryl methyl sites for hydroxylation is 1. The van der Waals surface area contributed by atoms with Crippen LogP contribution in [-0.2, 0) is 6.42 Å². The lowest BCUT2D eigenvalue weighted by Gasteiger charge is -2.08. The van der Waals surface area contributed by atoms with E-state index in [0.29, 0.717) is 5.92 Å². The Bertz CT molecular complexity index is 313. The number of hydrogen-bond acceptors (Lipinski definition) is 1. The van der Waals surface area contributed by atoms with Gasteiger partial charge in [-0.2, -0.15) is 0 Å². The lowest BCUT2D eigenvalue weighted by molar-refractivity contribution is 0.101. The summed E-state index contributed by atoms with van der Waals surface area (Å²) in [5.41, 5.74) is 2.07. The van der Waals surface area contributed by atoms with Crippen LogP contribution in [0.2, 0.25) is 0 Å². The van der Waals surface area contributed by atoms with Crippen LogP contribution in [0.15, 0.2) is 24.3 Å². The zero-order valence-corrected chi connectivity index (χ0v) is 9.21. The molecule has 1 aromatic carbocycles. The highest BCUT2D eigenvalue weighted by molar-refractivity contribution is 5.95. The lowest BCUT2D eigenvalue weighted by atomic mass is 9.97. The number of hydrogen-bond donors (Lipinski definition) is 0. The van der Waals surface area contributed by atoms with Gasteiger partial charge in [-0.1, -0.05) is 38.1 Å². The van der Waals surface area contributed by atoms with Crippen molar-refractivity contribution in [1.29, 1.82) is 0 Å². The first-order valence-electron chi connectivity index (χ1n) is 5.20. The molecule has 0 aliphatic heterocycles. The first kappa shape index (κ1) is 11.0. The Balaban J connectivity index is 2.79. The molecule has 0 fully saturated rings. The molecule has 0 radical (unpaired) electrons. The van der Waals surface area contributed by atoms with E-state index in [9.17, 15) is 4.79 Å². The van der Waals surface area contributed by atoms with E-state index in [4.69, 9.17) is 0 Å². The fourth-order valence-corrected chi connectivity index (χ4v) is 1.53. The van der Waals surface area contributed by atoms with Gasteiger partial charge in [0.25, 0.3) is 0 Å². The van der Waals surface area contributed by atoms with Gasteiger partial charge in [0.05, 0.1) is 0 Å². The molecule has 0 saturated carbocycles. The van der Waals surface area contributed by atoms with E-state index < -0.39 is 0 Å². The summed E-state index contributed by atoms with van der Waals surface area (Å²) in [4.78, 5) is 11.3.